The van der Waals surface area contributed by atoms with Gasteiger partial charge in [-0.2, -0.15) is 0 Å². The molecule has 0 unspecified atom stereocenters. The van der Waals surface area contributed by atoms with E-state index in [1.165, 1.54) is 6.92 Å². The summed E-state index contributed by atoms with van der Waals surface area (Å²) in [5, 5.41) is 27.9. The number of aliphatic carboxylic acids is 1. The molecule has 0 radical (unpaired) electrons. The molecule has 0 heterocycles. The lowest BCUT2D eigenvalue weighted by Gasteiger charge is -2.17. The van der Waals surface area contributed by atoms with Gasteiger partial charge in [-0.15, -0.1) is 0 Å². The molecule has 0 aliphatic carbocycles. The Bertz CT molecular complexity index is 218. The first kappa shape index (κ1) is 12.8. The van der Waals surface area contributed by atoms with Crippen LogP contribution >= 0.6 is 0 Å². The summed E-state index contributed by atoms with van der Waals surface area (Å²) in [6, 6.07) is -2.60. The molecule has 0 aliphatic heterocycles. The molecular formula is C7H14N2O5. The molecule has 82 valence electrons. The average Bonchev–Trinajstić information content (AvgIpc) is 2.11. The van der Waals surface area contributed by atoms with E-state index >= 15 is 0 Å². The molecule has 0 spiro atoms. The number of aliphatic hydroxyl groups excluding tert-OH is 2. The highest BCUT2D eigenvalue weighted by molar-refractivity contribution is 5.87. The zero-order valence-electron chi connectivity index (χ0n) is 7.67. The molecular weight excluding hydrogens is 192 g/mol. The van der Waals surface area contributed by atoms with Crippen molar-refractivity contribution >= 4 is 11.9 Å². The molecule has 0 fully saturated rings. The third kappa shape index (κ3) is 3.69. The normalized spacial score (nSPS) is 16.9. The number of nitrogens with one attached hydrogen (secondary N) is 1. The highest BCUT2D eigenvalue weighted by atomic mass is 16.4. The number of hydrogen-bond donors (Lipinski definition) is 5. The first-order valence-electron chi connectivity index (χ1n) is 3.97. The third-order valence-corrected chi connectivity index (χ3v) is 1.62. The Hall–Kier alpha value is -1.18. The Balaban J connectivity index is 4.22. The van der Waals surface area contributed by atoms with E-state index in [4.69, 9.17) is 21.1 Å². The number of carbonyl (C=O) groups is 2. The van der Waals surface area contributed by atoms with Crippen molar-refractivity contribution in [1.29, 1.82) is 0 Å². The Morgan fingerprint density at radius 3 is 2.29 bits per heavy atom. The summed E-state index contributed by atoms with van der Waals surface area (Å²) in [6.07, 6.45) is -1.08. The molecule has 0 aromatic heterocycles. The highest BCUT2D eigenvalue weighted by Gasteiger charge is 2.24. The second-order valence-corrected chi connectivity index (χ2v) is 2.85. The lowest BCUT2D eigenvalue weighted by atomic mass is 10.1. The van der Waals surface area contributed by atoms with Crippen LogP contribution in [0.25, 0.3) is 0 Å². The summed E-state index contributed by atoms with van der Waals surface area (Å²) < 4.78 is 0. The molecule has 0 aromatic carbocycles. The van der Waals surface area contributed by atoms with Crippen LogP contribution in [-0.2, 0) is 9.59 Å². The fourth-order valence-electron chi connectivity index (χ4n) is 0.672. The van der Waals surface area contributed by atoms with Gasteiger partial charge in [-0.1, -0.05) is 0 Å². The van der Waals surface area contributed by atoms with E-state index in [0.717, 1.165) is 0 Å². The smallest absolute Gasteiger partial charge is 0.328 e. The molecule has 14 heavy (non-hydrogen) atoms. The molecule has 0 bridgehead atoms. The number of hydrogen-bond acceptors (Lipinski definition) is 5. The predicted octanol–water partition coefficient (Wildman–Crippen LogP) is -2.74. The third-order valence-electron chi connectivity index (χ3n) is 1.62. The fraction of sp³-hybridized carbons (Fsp3) is 0.714. The monoisotopic (exact) mass is 206 g/mol. The average molecular weight is 206 g/mol. The van der Waals surface area contributed by atoms with E-state index in [1.807, 2.05) is 5.32 Å². The van der Waals surface area contributed by atoms with Crippen LogP contribution in [0.15, 0.2) is 0 Å². The van der Waals surface area contributed by atoms with Gasteiger partial charge in [0.2, 0.25) is 5.91 Å². The number of rotatable bonds is 5. The number of carboxylic acid groups (broad SMARTS) is 1. The molecule has 0 saturated heterocycles. The maximum absolute atomic E-state index is 11.1. The summed E-state index contributed by atoms with van der Waals surface area (Å²) in [5.74, 6) is -2.18. The number of amides is 1. The van der Waals surface area contributed by atoms with E-state index < -0.39 is 36.7 Å². The van der Waals surface area contributed by atoms with Crippen LogP contribution in [0.4, 0.5) is 0 Å². The van der Waals surface area contributed by atoms with Crippen molar-refractivity contribution in [3.63, 3.8) is 0 Å². The van der Waals surface area contributed by atoms with Crippen molar-refractivity contribution in [3.05, 3.63) is 0 Å². The summed E-state index contributed by atoms with van der Waals surface area (Å²) in [5.41, 5.74) is 5.23. The Labute approximate surface area is 80.5 Å². The quantitative estimate of drug-likeness (QED) is 0.331. The molecule has 0 aromatic rings. The first-order valence-corrected chi connectivity index (χ1v) is 3.97. The van der Waals surface area contributed by atoms with Gasteiger partial charge in [0, 0.05) is 0 Å². The predicted molar refractivity (Wildman–Crippen MR) is 46.3 cm³/mol. The molecule has 0 rings (SSSR count). The molecule has 0 saturated carbocycles. The van der Waals surface area contributed by atoms with Gasteiger partial charge in [0.05, 0.1) is 12.7 Å². The molecule has 0 aliphatic rings. The van der Waals surface area contributed by atoms with Gasteiger partial charge in [0.1, 0.15) is 12.1 Å². The second-order valence-electron chi connectivity index (χ2n) is 2.85. The van der Waals surface area contributed by atoms with Crippen LogP contribution in [0, 0.1) is 0 Å². The molecule has 3 atom stereocenters. The van der Waals surface area contributed by atoms with Gasteiger partial charge < -0.3 is 26.4 Å². The van der Waals surface area contributed by atoms with Crippen LogP contribution < -0.4 is 11.1 Å². The topological polar surface area (TPSA) is 133 Å². The van der Waals surface area contributed by atoms with Crippen LogP contribution in [0.2, 0.25) is 0 Å². The number of aliphatic hydroxyl groups is 2. The van der Waals surface area contributed by atoms with Crippen molar-refractivity contribution in [3.8, 4) is 0 Å². The van der Waals surface area contributed by atoms with Crippen molar-refractivity contribution in [2.75, 3.05) is 6.61 Å². The summed E-state index contributed by atoms with van der Waals surface area (Å²) in [6.45, 7) is 0.576. The maximum Gasteiger partial charge on any atom is 0.328 e. The van der Waals surface area contributed by atoms with Crippen LogP contribution in [0.1, 0.15) is 6.92 Å². The van der Waals surface area contributed by atoms with Crippen molar-refractivity contribution in [2.45, 2.75) is 25.1 Å². The molecule has 6 N–H and O–H groups in total. The minimum absolute atomic E-state index is 0.729. The molecule has 7 heteroatoms. The Kier molecular flexibility index (Phi) is 5.06. The van der Waals surface area contributed by atoms with Gasteiger partial charge in [-0.3, -0.25) is 4.79 Å². The number of nitrogens with two attached hydrogens (primary N) is 1. The van der Waals surface area contributed by atoms with Gasteiger partial charge in [0.15, 0.2) is 0 Å². The standard InChI is InChI=1S/C7H14N2O5/c1-3(11)5(8)6(12)9-4(2-10)7(13)14/h3-5,10-11H,2,8H2,1H3,(H,9,12)(H,13,14)/t3-,4-,5+/m0/s1. The van der Waals surface area contributed by atoms with Gasteiger partial charge in [0.25, 0.3) is 0 Å². The SMILES string of the molecule is C[C@H](O)[C@@H](N)C(=O)N[C@@H](CO)C(=O)O. The van der Waals surface area contributed by atoms with E-state index in [1.54, 1.807) is 0 Å². The molecule has 7 nitrogen and oxygen atoms in total. The molecule has 1 amide bonds. The van der Waals surface area contributed by atoms with Crippen molar-refractivity contribution in [1.82, 2.24) is 5.32 Å². The maximum atomic E-state index is 11.1. The lowest BCUT2D eigenvalue weighted by molar-refractivity contribution is -0.143. The first-order chi connectivity index (χ1) is 6.40. The largest absolute Gasteiger partial charge is 0.480 e. The van der Waals surface area contributed by atoms with Crippen LogP contribution in [0.5, 0.6) is 0 Å². The minimum atomic E-state index is -1.40. The van der Waals surface area contributed by atoms with Gasteiger partial charge in [-0.25, -0.2) is 4.79 Å². The Morgan fingerprint density at radius 1 is 1.50 bits per heavy atom. The van der Waals surface area contributed by atoms with Gasteiger partial charge >= 0.3 is 5.97 Å². The lowest BCUT2D eigenvalue weighted by Crippen LogP contribution is -2.53. The van der Waals surface area contributed by atoms with Crippen LogP contribution in [0.3, 0.4) is 0 Å². The van der Waals surface area contributed by atoms with E-state index in [2.05, 4.69) is 0 Å². The fourth-order valence-corrected chi connectivity index (χ4v) is 0.672. The summed E-state index contributed by atoms with van der Waals surface area (Å²) in [7, 11) is 0. The van der Waals surface area contributed by atoms with Crippen LogP contribution in [-0.4, -0.2) is 52.0 Å². The minimum Gasteiger partial charge on any atom is -0.480 e. The highest BCUT2D eigenvalue weighted by Crippen LogP contribution is 1.91. The zero-order valence-corrected chi connectivity index (χ0v) is 7.67. The number of carbonyl (C=O) groups excluding carboxylic acids is 1. The Morgan fingerprint density at radius 2 is 2.00 bits per heavy atom. The summed E-state index contributed by atoms with van der Waals surface area (Å²) in [4.78, 5) is 21.5. The zero-order chi connectivity index (χ0) is 11.3. The van der Waals surface area contributed by atoms with Crippen molar-refractivity contribution < 1.29 is 24.9 Å². The van der Waals surface area contributed by atoms with Crippen molar-refractivity contribution in [2.24, 2.45) is 5.73 Å². The van der Waals surface area contributed by atoms with E-state index in [9.17, 15) is 9.59 Å². The summed E-state index contributed by atoms with van der Waals surface area (Å²) >= 11 is 0. The van der Waals surface area contributed by atoms with E-state index in [-0.39, 0.29) is 0 Å². The van der Waals surface area contributed by atoms with Gasteiger partial charge in [-0.05, 0) is 6.92 Å². The number of carboxylic acids is 1. The van der Waals surface area contributed by atoms with E-state index in [0.29, 0.717) is 0 Å². The second kappa shape index (κ2) is 5.53.